The van der Waals surface area contributed by atoms with E-state index >= 15 is 0 Å². The first-order chi connectivity index (χ1) is 11.1. The molecular weight excluding hydrogens is 292 g/mol. The van der Waals surface area contributed by atoms with Crippen molar-refractivity contribution >= 4 is 11.8 Å². The van der Waals surface area contributed by atoms with E-state index in [9.17, 15) is 9.59 Å². The monoisotopic (exact) mass is 318 g/mol. The fraction of sp³-hybridized carbons (Fsp3) is 0.706. The zero-order valence-corrected chi connectivity index (χ0v) is 13.9. The Kier molecular flexibility index (Phi) is 4.98. The second-order valence-electron chi connectivity index (χ2n) is 6.80. The van der Waals surface area contributed by atoms with Gasteiger partial charge in [0.2, 0.25) is 5.91 Å². The maximum absolute atomic E-state index is 12.3. The predicted octanol–water partition coefficient (Wildman–Crippen LogP) is 1.97. The van der Waals surface area contributed by atoms with Crippen molar-refractivity contribution in [1.29, 1.82) is 0 Å². The number of hydrogen-bond acceptors (Lipinski definition) is 3. The molecule has 6 heteroatoms. The van der Waals surface area contributed by atoms with Crippen LogP contribution >= 0.6 is 0 Å². The van der Waals surface area contributed by atoms with Gasteiger partial charge in [-0.2, -0.15) is 5.10 Å². The SMILES string of the molecule is Cc1cc(C(=O)N2CCN(C(=O)CCC3CCCC3)CC2)n[nH]1. The average Bonchev–Trinajstić information content (AvgIpc) is 3.23. The first kappa shape index (κ1) is 16.0. The number of aromatic amines is 1. The van der Waals surface area contributed by atoms with Crippen LogP contribution in [-0.2, 0) is 4.79 Å². The lowest BCUT2D eigenvalue weighted by Crippen LogP contribution is -2.50. The van der Waals surface area contributed by atoms with Gasteiger partial charge in [0, 0.05) is 38.3 Å². The zero-order valence-electron chi connectivity index (χ0n) is 13.9. The first-order valence-corrected chi connectivity index (χ1v) is 8.72. The molecule has 0 radical (unpaired) electrons. The van der Waals surface area contributed by atoms with Crippen molar-refractivity contribution in [2.75, 3.05) is 26.2 Å². The van der Waals surface area contributed by atoms with Crippen molar-refractivity contribution in [3.05, 3.63) is 17.5 Å². The van der Waals surface area contributed by atoms with Crippen LogP contribution in [0.3, 0.4) is 0 Å². The highest BCUT2D eigenvalue weighted by Crippen LogP contribution is 2.28. The van der Waals surface area contributed by atoms with E-state index in [1.165, 1.54) is 25.7 Å². The van der Waals surface area contributed by atoms with Crippen molar-refractivity contribution in [2.45, 2.75) is 45.4 Å². The Hall–Kier alpha value is -1.85. The highest BCUT2D eigenvalue weighted by molar-refractivity contribution is 5.92. The molecule has 1 saturated carbocycles. The van der Waals surface area contributed by atoms with E-state index in [0.717, 1.165) is 18.0 Å². The molecule has 126 valence electrons. The average molecular weight is 318 g/mol. The van der Waals surface area contributed by atoms with E-state index in [0.29, 0.717) is 38.3 Å². The molecule has 0 unspecified atom stereocenters. The topological polar surface area (TPSA) is 69.3 Å². The van der Waals surface area contributed by atoms with Crippen LogP contribution in [0.2, 0.25) is 0 Å². The summed E-state index contributed by atoms with van der Waals surface area (Å²) in [4.78, 5) is 28.3. The smallest absolute Gasteiger partial charge is 0.274 e. The van der Waals surface area contributed by atoms with Gasteiger partial charge < -0.3 is 9.80 Å². The summed E-state index contributed by atoms with van der Waals surface area (Å²) < 4.78 is 0. The number of aryl methyl sites for hydroxylation is 1. The number of hydrogen-bond donors (Lipinski definition) is 1. The minimum atomic E-state index is -0.0487. The van der Waals surface area contributed by atoms with E-state index in [4.69, 9.17) is 0 Å². The van der Waals surface area contributed by atoms with Gasteiger partial charge in [-0.1, -0.05) is 25.7 Å². The van der Waals surface area contributed by atoms with Gasteiger partial charge in [-0.3, -0.25) is 14.7 Å². The Morgan fingerprint density at radius 1 is 1.17 bits per heavy atom. The van der Waals surface area contributed by atoms with Crippen molar-refractivity contribution in [1.82, 2.24) is 20.0 Å². The minimum Gasteiger partial charge on any atom is -0.339 e. The highest BCUT2D eigenvalue weighted by atomic mass is 16.2. The number of aromatic nitrogens is 2. The van der Waals surface area contributed by atoms with Gasteiger partial charge in [-0.15, -0.1) is 0 Å². The zero-order chi connectivity index (χ0) is 16.2. The van der Waals surface area contributed by atoms with E-state index in [-0.39, 0.29) is 11.8 Å². The lowest BCUT2D eigenvalue weighted by Gasteiger charge is -2.34. The molecular formula is C17H26N4O2. The normalized spacial score (nSPS) is 19.3. The van der Waals surface area contributed by atoms with Crippen LogP contribution in [0, 0.1) is 12.8 Å². The van der Waals surface area contributed by atoms with Crippen LogP contribution in [0.1, 0.15) is 54.7 Å². The standard InChI is InChI=1S/C17H26N4O2/c1-13-12-15(19-18-13)17(23)21-10-8-20(9-11-21)16(22)7-6-14-4-2-3-5-14/h12,14H,2-11H2,1H3,(H,18,19). The van der Waals surface area contributed by atoms with Crippen molar-refractivity contribution in [3.63, 3.8) is 0 Å². The number of piperazine rings is 1. The van der Waals surface area contributed by atoms with Gasteiger partial charge in [-0.05, 0) is 25.3 Å². The summed E-state index contributed by atoms with van der Waals surface area (Å²) >= 11 is 0. The summed E-state index contributed by atoms with van der Waals surface area (Å²) in [6, 6.07) is 1.77. The molecule has 0 spiro atoms. The maximum Gasteiger partial charge on any atom is 0.274 e. The van der Waals surface area contributed by atoms with Crippen molar-refractivity contribution < 1.29 is 9.59 Å². The van der Waals surface area contributed by atoms with Crippen LogP contribution in [0.4, 0.5) is 0 Å². The summed E-state index contributed by atoms with van der Waals surface area (Å²) in [5.41, 5.74) is 1.34. The molecule has 0 aromatic carbocycles. The largest absolute Gasteiger partial charge is 0.339 e. The fourth-order valence-electron chi connectivity index (χ4n) is 3.63. The van der Waals surface area contributed by atoms with Gasteiger partial charge in [0.25, 0.3) is 5.91 Å². The molecule has 6 nitrogen and oxygen atoms in total. The Bertz CT molecular complexity index is 555. The Morgan fingerprint density at radius 2 is 1.83 bits per heavy atom. The molecule has 1 aliphatic carbocycles. The molecule has 2 fully saturated rings. The van der Waals surface area contributed by atoms with E-state index in [1.807, 2.05) is 11.8 Å². The van der Waals surface area contributed by atoms with Crippen LogP contribution in [-0.4, -0.2) is 58.0 Å². The van der Waals surface area contributed by atoms with Crippen LogP contribution in [0.15, 0.2) is 6.07 Å². The number of nitrogens with zero attached hydrogens (tertiary/aromatic N) is 3. The van der Waals surface area contributed by atoms with Crippen LogP contribution in [0.25, 0.3) is 0 Å². The van der Waals surface area contributed by atoms with Gasteiger partial charge >= 0.3 is 0 Å². The number of amides is 2. The molecule has 1 aromatic rings. The molecule has 1 N–H and O–H groups in total. The predicted molar refractivity (Wildman–Crippen MR) is 87.0 cm³/mol. The second-order valence-corrected chi connectivity index (χ2v) is 6.80. The van der Waals surface area contributed by atoms with Crippen LogP contribution < -0.4 is 0 Å². The highest BCUT2D eigenvalue weighted by Gasteiger charge is 2.26. The maximum atomic E-state index is 12.3. The lowest BCUT2D eigenvalue weighted by atomic mass is 10.0. The molecule has 2 heterocycles. The number of rotatable bonds is 4. The van der Waals surface area contributed by atoms with Crippen molar-refractivity contribution in [3.8, 4) is 0 Å². The number of carbonyl (C=O) groups is 2. The Morgan fingerprint density at radius 3 is 2.43 bits per heavy atom. The van der Waals surface area contributed by atoms with Crippen LogP contribution in [0.5, 0.6) is 0 Å². The van der Waals surface area contributed by atoms with E-state index in [2.05, 4.69) is 10.2 Å². The molecule has 23 heavy (non-hydrogen) atoms. The number of H-pyrrole nitrogens is 1. The molecule has 0 atom stereocenters. The lowest BCUT2D eigenvalue weighted by molar-refractivity contribution is -0.133. The van der Waals surface area contributed by atoms with E-state index in [1.54, 1.807) is 11.0 Å². The Labute approximate surface area is 137 Å². The van der Waals surface area contributed by atoms with Crippen molar-refractivity contribution in [2.24, 2.45) is 5.92 Å². The number of carbonyl (C=O) groups excluding carboxylic acids is 2. The van der Waals surface area contributed by atoms with Gasteiger partial charge in [-0.25, -0.2) is 0 Å². The molecule has 2 aliphatic rings. The molecule has 1 aromatic heterocycles. The second kappa shape index (κ2) is 7.15. The third-order valence-corrected chi connectivity index (χ3v) is 5.09. The fourth-order valence-corrected chi connectivity index (χ4v) is 3.63. The number of nitrogens with one attached hydrogen (secondary N) is 1. The van der Waals surface area contributed by atoms with E-state index < -0.39 is 0 Å². The summed E-state index contributed by atoms with van der Waals surface area (Å²) in [6.07, 6.45) is 6.93. The Balaban J connectivity index is 1.44. The van der Waals surface area contributed by atoms with Gasteiger partial charge in [0.1, 0.15) is 5.69 Å². The quantitative estimate of drug-likeness (QED) is 0.923. The summed E-state index contributed by atoms with van der Waals surface area (Å²) in [6.45, 7) is 4.35. The molecule has 3 rings (SSSR count). The summed E-state index contributed by atoms with van der Waals surface area (Å²) in [5.74, 6) is 0.955. The third-order valence-electron chi connectivity index (χ3n) is 5.09. The first-order valence-electron chi connectivity index (χ1n) is 8.72. The summed E-state index contributed by atoms with van der Waals surface area (Å²) in [5, 5.41) is 6.82. The molecule has 1 saturated heterocycles. The third kappa shape index (κ3) is 3.92. The van der Waals surface area contributed by atoms with Gasteiger partial charge in [0.05, 0.1) is 0 Å². The molecule has 2 amide bonds. The minimum absolute atomic E-state index is 0.0487. The van der Waals surface area contributed by atoms with Gasteiger partial charge in [0.15, 0.2) is 0 Å². The molecule has 1 aliphatic heterocycles. The molecule has 0 bridgehead atoms. The summed E-state index contributed by atoms with van der Waals surface area (Å²) in [7, 11) is 0.